The van der Waals surface area contributed by atoms with Crippen LogP contribution in [0.1, 0.15) is 23.5 Å². The van der Waals surface area contributed by atoms with E-state index in [4.69, 9.17) is 4.74 Å². The molecule has 2 aromatic rings. The number of methoxy groups -OCH3 is 1. The van der Waals surface area contributed by atoms with Crippen LogP contribution in [0, 0.1) is 10.1 Å². The van der Waals surface area contributed by atoms with Gasteiger partial charge in [0, 0.05) is 44.7 Å². The quantitative estimate of drug-likeness (QED) is 0.379. The summed E-state index contributed by atoms with van der Waals surface area (Å²) >= 11 is 0. The number of likely N-dealkylation sites (tertiary alicyclic amines) is 1. The number of rotatable bonds is 5. The Morgan fingerprint density at radius 1 is 1.26 bits per heavy atom. The van der Waals surface area contributed by atoms with E-state index in [1.807, 2.05) is 12.1 Å². The number of nitrogens with zero attached hydrogens (tertiary/aromatic N) is 3. The Balaban J connectivity index is 1.57. The van der Waals surface area contributed by atoms with Crippen molar-refractivity contribution in [1.29, 1.82) is 0 Å². The molecule has 1 aliphatic rings. The van der Waals surface area contributed by atoms with Crippen LogP contribution in [0.15, 0.2) is 53.5 Å². The van der Waals surface area contributed by atoms with E-state index in [2.05, 4.69) is 27.3 Å². The van der Waals surface area contributed by atoms with E-state index in [1.54, 1.807) is 26.3 Å². The minimum Gasteiger partial charge on any atom is -0.497 e. The Labute approximate surface area is 158 Å². The van der Waals surface area contributed by atoms with Crippen LogP contribution in [0.2, 0.25) is 0 Å². The normalized spacial score (nSPS) is 17.0. The third-order valence-electron chi connectivity index (χ3n) is 4.88. The Bertz CT molecular complexity index is 803. The Hall–Kier alpha value is -3.09. The molecule has 1 atom stereocenters. The van der Waals surface area contributed by atoms with Gasteiger partial charge in [0.25, 0.3) is 5.69 Å². The number of hydrogen-bond donors (Lipinski definition) is 1. The molecule has 1 fully saturated rings. The lowest BCUT2D eigenvalue weighted by Gasteiger charge is -2.22. The number of ether oxygens (including phenoxy) is 1. The summed E-state index contributed by atoms with van der Waals surface area (Å²) in [5, 5.41) is 14.1. The van der Waals surface area contributed by atoms with E-state index in [9.17, 15) is 10.1 Å². The molecule has 3 rings (SSSR count). The molecule has 0 aliphatic carbocycles. The van der Waals surface area contributed by atoms with Crippen LogP contribution in [0.4, 0.5) is 5.69 Å². The average Bonchev–Trinajstić information content (AvgIpc) is 3.19. The SMILES string of the molecule is CN=C(NCc1ccc([N+](=O)[O-])cc1)N1CCC(c2ccc(OC)cc2)C1. The van der Waals surface area contributed by atoms with E-state index in [-0.39, 0.29) is 10.6 Å². The van der Waals surface area contributed by atoms with Crippen molar-refractivity contribution in [2.75, 3.05) is 27.2 Å². The highest BCUT2D eigenvalue weighted by Crippen LogP contribution is 2.28. The molecule has 0 aromatic heterocycles. The summed E-state index contributed by atoms with van der Waals surface area (Å²) in [5.74, 6) is 2.19. The van der Waals surface area contributed by atoms with Gasteiger partial charge in [0.15, 0.2) is 5.96 Å². The molecule has 7 heteroatoms. The molecule has 0 spiro atoms. The van der Waals surface area contributed by atoms with Gasteiger partial charge in [0.1, 0.15) is 5.75 Å². The number of benzene rings is 2. The van der Waals surface area contributed by atoms with Crippen LogP contribution < -0.4 is 10.1 Å². The third-order valence-corrected chi connectivity index (χ3v) is 4.88. The van der Waals surface area contributed by atoms with Gasteiger partial charge >= 0.3 is 0 Å². The molecular formula is C20H24N4O3. The Kier molecular flexibility index (Phi) is 5.90. The molecule has 1 saturated heterocycles. The van der Waals surface area contributed by atoms with Crippen LogP contribution in [0.5, 0.6) is 5.75 Å². The van der Waals surface area contributed by atoms with E-state index in [0.717, 1.165) is 36.8 Å². The second-order valence-corrected chi connectivity index (χ2v) is 6.53. The van der Waals surface area contributed by atoms with E-state index < -0.39 is 0 Å². The summed E-state index contributed by atoms with van der Waals surface area (Å²) in [5.41, 5.74) is 2.39. The van der Waals surface area contributed by atoms with Gasteiger partial charge in [-0.1, -0.05) is 24.3 Å². The van der Waals surface area contributed by atoms with Crippen LogP contribution in [-0.4, -0.2) is 43.0 Å². The first-order valence-corrected chi connectivity index (χ1v) is 8.93. The first-order valence-electron chi connectivity index (χ1n) is 8.93. The van der Waals surface area contributed by atoms with Crippen LogP contribution >= 0.6 is 0 Å². The second kappa shape index (κ2) is 8.53. The monoisotopic (exact) mass is 368 g/mol. The predicted molar refractivity (Wildman–Crippen MR) is 105 cm³/mol. The number of nitro groups is 1. The molecule has 2 aromatic carbocycles. The zero-order chi connectivity index (χ0) is 19.2. The van der Waals surface area contributed by atoms with Gasteiger partial charge in [0.2, 0.25) is 0 Å². The van der Waals surface area contributed by atoms with Crippen LogP contribution in [-0.2, 0) is 6.54 Å². The number of guanidine groups is 1. The highest BCUT2D eigenvalue weighted by atomic mass is 16.6. The molecule has 1 heterocycles. The van der Waals surface area contributed by atoms with Crippen molar-refractivity contribution in [3.05, 3.63) is 69.8 Å². The molecule has 0 radical (unpaired) electrons. The molecule has 0 amide bonds. The predicted octanol–water partition coefficient (Wildman–Crippen LogP) is 3.17. The largest absolute Gasteiger partial charge is 0.497 e. The van der Waals surface area contributed by atoms with Gasteiger partial charge < -0.3 is 15.0 Å². The molecule has 142 valence electrons. The maximum absolute atomic E-state index is 10.7. The molecule has 27 heavy (non-hydrogen) atoms. The second-order valence-electron chi connectivity index (χ2n) is 6.53. The fourth-order valence-corrected chi connectivity index (χ4v) is 3.35. The lowest BCUT2D eigenvalue weighted by molar-refractivity contribution is -0.384. The number of hydrogen-bond acceptors (Lipinski definition) is 4. The van der Waals surface area contributed by atoms with Crippen molar-refractivity contribution in [3.8, 4) is 5.75 Å². The summed E-state index contributed by atoms with van der Waals surface area (Å²) in [6, 6.07) is 14.8. The fraction of sp³-hybridized carbons (Fsp3) is 0.350. The van der Waals surface area contributed by atoms with Gasteiger partial charge in [0.05, 0.1) is 12.0 Å². The fourth-order valence-electron chi connectivity index (χ4n) is 3.35. The van der Waals surface area contributed by atoms with Crippen LogP contribution in [0.25, 0.3) is 0 Å². The van der Waals surface area contributed by atoms with E-state index in [0.29, 0.717) is 12.5 Å². The molecule has 7 nitrogen and oxygen atoms in total. The topological polar surface area (TPSA) is 80.0 Å². The van der Waals surface area contributed by atoms with Crippen molar-refractivity contribution >= 4 is 11.6 Å². The first-order chi connectivity index (χ1) is 13.1. The summed E-state index contributed by atoms with van der Waals surface area (Å²) in [7, 11) is 3.45. The highest BCUT2D eigenvalue weighted by molar-refractivity contribution is 5.80. The van der Waals surface area contributed by atoms with E-state index >= 15 is 0 Å². The van der Waals surface area contributed by atoms with Gasteiger partial charge in [-0.25, -0.2) is 0 Å². The van der Waals surface area contributed by atoms with Crippen molar-refractivity contribution in [3.63, 3.8) is 0 Å². The lowest BCUT2D eigenvalue weighted by Crippen LogP contribution is -2.39. The number of aliphatic imine (C=N–C) groups is 1. The summed E-state index contributed by atoms with van der Waals surface area (Å²) in [6.07, 6.45) is 1.07. The lowest BCUT2D eigenvalue weighted by atomic mass is 9.98. The summed E-state index contributed by atoms with van der Waals surface area (Å²) in [4.78, 5) is 17.0. The van der Waals surface area contributed by atoms with Gasteiger partial charge in [-0.3, -0.25) is 15.1 Å². The molecule has 0 bridgehead atoms. The number of non-ortho nitro benzene ring substituents is 1. The van der Waals surface area contributed by atoms with Crippen molar-refractivity contribution in [2.24, 2.45) is 4.99 Å². The van der Waals surface area contributed by atoms with Crippen molar-refractivity contribution in [1.82, 2.24) is 10.2 Å². The molecule has 1 aliphatic heterocycles. The van der Waals surface area contributed by atoms with Crippen molar-refractivity contribution in [2.45, 2.75) is 18.9 Å². The molecule has 0 saturated carbocycles. The van der Waals surface area contributed by atoms with Crippen molar-refractivity contribution < 1.29 is 9.66 Å². The van der Waals surface area contributed by atoms with Crippen LogP contribution in [0.3, 0.4) is 0 Å². The van der Waals surface area contributed by atoms with Gasteiger partial charge in [-0.05, 0) is 29.7 Å². The standard InChI is InChI=1S/C20H24N4O3/c1-21-20(22-13-15-3-7-18(8-4-15)24(25)26)23-12-11-17(14-23)16-5-9-19(27-2)10-6-16/h3-10,17H,11-14H2,1-2H3,(H,21,22). The highest BCUT2D eigenvalue weighted by Gasteiger charge is 2.26. The average molecular weight is 368 g/mol. The minimum atomic E-state index is -0.389. The van der Waals surface area contributed by atoms with Gasteiger partial charge in [-0.2, -0.15) is 0 Å². The number of nitrogens with one attached hydrogen (secondary N) is 1. The maximum atomic E-state index is 10.7. The molecule has 1 unspecified atom stereocenters. The Morgan fingerprint density at radius 2 is 1.96 bits per heavy atom. The zero-order valence-electron chi connectivity index (χ0n) is 15.6. The maximum Gasteiger partial charge on any atom is 0.269 e. The Morgan fingerprint density at radius 3 is 2.56 bits per heavy atom. The summed E-state index contributed by atoms with van der Waals surface area (Å²) < 4.78 is 5.23. The molecular weight excluding hydrogens is 344 g/mol. The summed E-state index contributed by atoms with van der Waals surface area (Å²) in [6.45, 7) is 2.43. The van der Waals surface area contributed by atoms with E-state index in [1.165, 1.54) is 17.7 Å². The smallest absolute Gasteiger partial charge is 0.269 e. The van der Waals surface area contributed by atoms with Gasteiger partial charge in [-0.15, -0.1) is 0 Å². The first kappa shape index (κ1) is 18.7. The zero-order valence-corrected chi connectivity index (χ0v) is 15.6. The molecule has 1 N–H and O–H groups in total. The number of nitro benzene ring substituents is 1. The third kappa shape index (κ3) is 4.55. The minimum absolute atomic E-state index is 0.102.